The predicted molar refractivity (Wildman–Crippen MR) is 136 cm³/mol. The average Bonchev–Trinajstić information content (AvgIpc) is 3.05. The molecule has 5 nitrogen and oxygen atoms in total. The number of carbonyl (C=O) groups excluding carboxylic acids is 2. The molecule has 174 valence electrons. The fraction of sp³-hybridized carbons (Fsp3) is 0.423. The van der Waals surface area contributed by atoms with E-state index in [2.05, 4.69) is 17.2 Å². The number of likely N-dealkylation sites (N-methyl/N-ethyl adjacent to an activating group) is 1. The molecule has 0 atom stereocenters. The van der Waals surface area contributed by atoms with Crippen molar-refractivity contribution in [2.45, 2.75) is 52.6 Å². The van der Waals surface area contributed by atoms with Crippen LogP contribution in [-0.2, 0) is 27.2 Å². The Morgan fingerprint density at radius 1 is 1.22 bits per heavy atom. The van der Waals surface area contributed by atoms with Crippen LogP contribution in [0.25, 0.3) is 0 Å². The fourth-order valence-corrected chi connectivity index (χ4v) is 3.62. The quantitative estimate of drug-likeness (QED) is 0.260. The minimum absolute atomic E-state index is 0.155. The number of carbonyl (C=O) groups is 2. The number of nitrogens with one attached hydrogen (secondary N) is 2. The first kappa shape index (κ1) is 27.5. The fourth-order valence-electron chi connectivity index (χ4n) is 3.35. The van der Waals surface area contributed by atoms with Crippen LogP contribution >= 0.6 is 12.2 Å². The van der Waals surface area contributed by atoms with E-state index in [0.717, 1.165) is 28.1 Å². The smallest absolute Gasteiger partial charge is 0.307 e. The van der Waals surface area contributed by atoms with E-state index >= 15 is 0 Å². The van der Waals surface area contributed by atoms with Crippen LogP contribution in [0, 0.1) is 5.41 Å². The first-order chi connectivity index (χ1) is 15.0. The first-order valence-electron chi connectivity index (χ1n) is 10.7. The average molecular weight is 457 g/mol. The third-order valence-corrected chi connectivity index (χ3v) is 4.85. The summed E-state index contributed by atoms with van der Waals surface area (Å²) in [5.41, 5.74) is 2.01. The van der Waals surface area contributed by atoms with Gasteiger partial charge < -0.3 is 20.2 Å². The number of hydrogen-bond acceptors (Lipinski definition) is 5. The van der Waals surface area contributed by atoms with Gasteiger partial charge >= 0.3 is 5.97 Å². The molecule has 1 aromatic rings. The Labute approximate surface area is 198 Å². The van der Waals surface area contributed by atoms with Crippen LogP contribution < -0.4 is 10.6 Å². The van der Waals surface area contributed by atoms with E-state index in [1.165, 1.54) is 0 Å². The summed E-state index contributed by atoms with van der Waals surface area (Å²) in [6, 6.07) is 7.98. The van der Waals surface area contributed by atoms with Gasteiger partial charge in [0.15, 0.2) is 0 Å². The van der Waals surface area contributed by atoms with Gasteiger partial charge in [-0.2, -0.15) is 0 Å². The van der Waals surface area contributed by atoms with Gasteiger partial charge in [-0.3, -0.25) is 4.79 Å². The maximum Gasteiger partial charge on any atom is 0.307 e. The molecule has 1 aliphatic rings. The molecule has 2 rings (SSSR count). The molecular weight excluding hydrogens is 420 g/mol. The van der Waals surface area contributed by atoms with E-state index in [-0.39, 0.29) is 12.4 Å². The van der Waals surface area contributed by atoms with Crippen molar-refractivity contribution in [1.82, 2.24) is 10.6 Å². The maximum absolute atomic E-state index is 11.9. The Balaban J connectivity index is 0.000000347. The molecule has 0 radical (unpaired) electrons. The lowest BCUT2D eigenvalue weighted by Crippen LogP contribution is -2.32. The van der Waals surface area contributed by atoms with Gasteiger partial charge in [-0.1, -0.05) is 61.3 Å². The highest BCUT2D eigenvalue weighted by atomic mass is 32.1. The molecule has 0 bridgehead atoms. The summed E-state index contributed by atoms with van der Waals surface area (Å²) < 4.78 is 5.33. The predicted octanol–water partition coefficient (Wildman–Crippen LogP) is 4.47. The highest BCUT2D eigenvalue weighted by Crippen LogP contribution is 2.38. The lowest BCUT2D eigenvalue weighted by atomic mass is 9.83. The van der Waals surface area contributed by atoms with Crippen molar-refractivity contribution in [2.24, 2.45) is 5.41 Å². The molecule has 0 aliphatic heterocycles. The second-order valence-corrected chi connectivity index (χ2v) is 9.35. The third kappa shape index (κ3) is 10.2. The van der Waals surface area contributed by atoms with E-state index < -0.39 is 11.0 Å². The number of allylic oxidation sites excluding steroid dienone is 4. The highest BCUT2D eigenvalue weighted by molar-refractivity contribution is 7.80. The van der Waals surface area contributed by atoms with E-state index in [4.69, 9.17) is 17.0 Å². The van der Waals surface area contributed by atoms with Crippen molar-refractivity contribution < 1.29 is 14.3 Å². The molecule has 0 fully saturated rings. The Kier molecular flexibility index (Phi) is 11.2. The largest absolute Gasteiger partial charge is 0.460 e. The van der Waals surface area contributed by atoms with E-state index in [1.54, 1.807) is 0 Å². The molecule has 0 amide bonds. The lowest BCUT2D eigenvalue weighted by molar-refractivity contribution is -0.158. The monoisotopic (exact) mass is 456 g/mol. The molecule has 1 aliphatic carbocycles. The molecule has 1 aromatic carbocycles. The van der Waals surface area contributed by atoms with Crippen molar-refractivity contribution in [3.8, 4) is 0 Å². The zero-order chi connectivity index (χ0) is 24.2. The van der Waals surface area contributed by atoms with E-state index in [9.17, 15) is 9.59 Å². The summed E-state index contributed by atoms with van der Waals surface area (Å²) in [7, 11) is 1.85. The number of fused-ring (bicyclic) bond motifs is 1. The number of thiocarbonyl (C=S) groups is 1. The Morgan fingerprint density at radius 2 is 1.81 bits per heavy atom. The lowest BCUT2D eigenvalue weighted by Gasteiger charge is -2.25. The van der Waals surface area contributed by atoms with Crippen molar-refractivity contribution >= 4 is 29.5 Å². The van der Waals surface area contributed by atoms with Crippen LogP contribution in [0.3, 0.4) is 0 Å². The van der Waals surface area contributed by atoms with Gasteiger partial charge in [-0.15, -0.1) is 0 Å². The third-order valence-electron chi connectivity index (χ3n) is 4.61. The van der Waals surface area contributed by atoms with Crippen molar-refractivity contribution in [1.29, 1.82) is 0 Å². The van der Waals surface area contributed by atoms with Crippen LogP contribution in [0.2, 0.25) is 0 Å². The van der Waals surface area contributed by atoms with Crippen LogP contribution in [0.4, 0.5) is 0 Å². The summed E-state index contributed by atoms with van der Waals surface area (Å²) in [4.78, 5) is 24.2. The minimum Gasteiger partial charge on any atom is -0.460 e. The number of rotatable bonds is 8. The molecule has 0 spiro atoms. The zero-order valence-electron chi connectivity index (χ0n) is 19.9. The summed E-state index contributed by atoms with van der Waals surface area (Å²) in [6.45, 7) is 11.9. The Hall–Kier alpha value is -2.57. The number of ether oxygens (including phenoxy) is 1. The van der Waals surface area contributed by atoms with Gasteiger partial charge in [-0.05, 0) is 64.8 Å². The Bertz CT molecular complexity index is 841. The molecule has 0 saturated carbocycles. The van der Waals surface area contributed by atoms with Gasteiger partial charge in [0.2, 0.25) is 0 Å². The maximum atomic E-state index is 11.9. The van der Waals surface area contributed by atoms with Crippen LogP contribution in [0.1, 0.15) is 45.2 Å². The van der Waals surface area contributed by atoms with E-state index in [1.807, 2.05) is 83.3 Å². The Morgan fingerprint density at radius 3 is 2.28 bits per heavy atom. The van der Waals surface area contributed by atoms with Gasteiger partial charge in [0.05, 0.1) is 11.4 Å². The molecule has 2 N–H and O–H groups in total. The van der Waals surface area contributed by atoms with Crippen LogP contribution in [-0.4, -0.2) is 36.4 Å². The number of esters is 1. The van der Waals surface area contributed by atoms with Gasteiger partial charge in [0, 0.05) is 17.7 Å². The topological polar surface area (TPSA) is 67.4 Å². The number of benzene rings is 1. The highest BCUT2D eigenvalue weighted by Gasteiger charge is 2.40. The standard InChI is InChI=1S/C16H20O3.C10H16N2S/c1-15(2,3)19-14(18)10-16(11-17)8-12-6-4-5-7-13(12)9-16;1-4-5-6-7-9(2)12-10(13)8-11-3/h4-7,11H,8-10H2,1-3H3;4-7,11H,2,8H2,1,3H3,(H,12,13)/b;5-4-,7-6-. The molecular formula is C26H36N2O3S. The number of aldehydes is 1. The summed E-state index contributed by atoms with van der Waals surface area (Å²) in [6.07, 6.45) is 10.0. The minimum atomic E-state index is -0.619. The summed E-state index contributed by atoms with van der Waals surface area (Å²) >= 11 is 5.02. The zero-order valence-corrected chi connectivity index (χ0v) is 20.7. The second-order valence-electron chi connectivity index (χ2n) is 8.85. The molecule has 32 heavy (non-hydrogen) atoms. The van der Waals surface area contributed by atoms with Gasteiger partial charge in [0.1, 0.15) is 11.9 Å². The van der Waals surface area contributed by atoms with Crippen molar-refractivity contribution in [2.75, 3.05) is 13.6 Å². The SMILES string of the molecule is C=C(/C=C\C=C/C)NC(=S)CNC.CC(C)(C)OC(=O)CC1(C=O)Cc2ccccc2C1. The van der Waals surface area contributed by atoms with Gasteiger partial charge in [0.25, 0.3) is 0 Å². The van der Waals surface area contributed by atoms with E-state index in [0.29, 0.717) is 19.4 Å². The molecule has 0 saturated heterocycles. The molecule has 0 heterocycles. The van der Waals surface area contributed by atoms with Crippen molar-refractivity contribution in [3.63, 3.8) is 0 Å². The first-order valence-corrected chi connectivity index (χ1v) is 11.1. The van der Waals surface area contributed by atoms with Crippen LogP contribution in [0.5, 0.6) is 0 Å². The molecule has 6 heteroatoms. The normalized spacial score (nSPS) is 14.4. The second kappa shape index (κ2) is 13.1. The van der Waals surface area contributed by atoms with Gasteiger partial charge in [-0.25, -0.2) is 0 Å². The van der Waals surface area contributed by atoms with Crippen molar-refractivity contribution in [3.05, 3.63) is 72.0 Å². The summed E-state index contributed by atoms with van der Waals surface area (Å²) in [5, 5.41) is 5.95. The number of hydrogen-bond donors (Lipinski definition) is 2. The van der Waals surface area contributed by atoms with Crippen LogP contribution in [0.15, 0.2) is 60.8 Å². The summed E-state index contributed by atoms with van der Waals surface area (Å²) in [5.74, 6) is -0.299. The molecule has 0 unspecified atom stereocenters. The molecule has 0 aromatic heterocycles.